The highest BCUT2D eigenvalue weighted by Crippen LogP contribution is 2.37. The molecule has 1 fully saturated rings. The lowest BCUT2D eigenvalue weighted by atomic mass is 10.2. The molecule has 1 saturated carbocycles. The molecule has 1 unspecified atom stereocenters. The van der Waals surface area contributed by atoms with Crippen LogP contribution in [0.3, 0.4) is 0 Å². The van der Waals surface area contributed by atoms with Crippen molar-refractivity contribution < 1.29 is 9.59 Å². The Labute approximate surface area is 165 Å². The van der Waals surface area contributed by atoms with Crippen molar-refractivity contribution in [2.24, 2.45) is 0 Å². The Morgan fingerprint density at radius 3 is 2.89 bits per heavy atom. The van der Waals surface area contributed by atoms with Crippen molar-refractivity contribution in [3.05, 3.63) is 29.8 Å². The highest BCUT2D eigenvalue weighted by Gasteiger charge is 2.35. The number of aromatic nitrogens is 2. The molecule has 1 aromatic carbocycles. The van der Waals surface area contributed by atoms with E-state index >= 15 is 0 Å². The largest absolute Gasteiger partial charge is 0.325 e. The van der Waals surface area contributed by atoms with Gasteiger partial charge in [-0.15, -0.1) is 10.2 Å². The first-order valence-corrected chi connectivity index (χ1v) is 10.3. The third-order valence-corrected chi connectivity index (χ3v) is 6.10. The maximum atomic E-state index is 12.4. The van der Waals surface area contributed by atoms with E-state index < -0.39 is 5.25 Å². The number of nitrogens with one attached hydrogen (secondary N) is 1. The van der Waals surface area contributed by atoms with Gasteiger partial charge in [0.2, 0.25) is 16.9 Å². The predicted molar refractivity (Wildman–Crippen MR) is 106 cm³/mol. The van der Waals surface area contributed by atoms with Gasteiger partial charge in [-0.25, -0.2) is 0 Å². The number of hydrogen-bond acceptors (Lipinski definition) is 7. The lowest BCUT2D eigenvalue weighted by molar-refractivity contribution is -0.118. The van der Waals surface area contributed by atoms with Crippen LogP contribution in [0.5, 0.6) is 0 Å². The van der Waals surface area contributed by atoms with Gasteiger partial charge in [0.15, 0.2) is 4.34 Å². The van der Waals surface area contributed by atoms with Gasteiger partial charge in [-0.3, -0.25) is 14.5 Å². The Morgan fingerprint density at radius 2 is 2.22 bits per heavy atom. The lowest BCUT2D eigenvalue weighted by Gasteiger charge is -2.17. The molecule has 0 radical (unpaired) electrons. The second-order valence-corrected chi connectivity index (χ2v) is 8.68. The molecule has 1 aliphatic rings. The Hall–Kier alpha value is -2.44. The summed E-state index contributed by atoms with van der Waals surface area (Å²) in [6.45, 7) is 3.62. The predicted octanol–water partition coefficient (Wildman–Crippen LogP) is 3.43. The molecule has 2 amide bonds. The van der Waals surface area contributed by atoms with Gasteiger partial charge in [0.1, 0.15) is 0 Å². The maximum absolute atomic E-state index is 12.4. The van der Waals surface area contributed by atoms with E-state index in [9.17, 15) is 9.59 Å². The van der Waals surface area contributed by atoms with E-state index in [0.29, 0.717) is 27.1 Å². The number of thioether (sulfide) groups is 1. The maximum Gasteiger partial charge on any atom is 0.237 e. The third-order valence-electron chi connectivity index (χ3n) is 3.99. The molecule has 1 atom stereocenters. The van der Waals surface area contributed by atoms with Gasteiger partial charge in [0.25, 0.3) is 0 Å². The van der Waals surface area contributed by atoms with Gasteiger partial charge in [0.05, 0.1) is 16.9 Å². The standard InChI is InChI=1S/C18H19N5O2S2/c1-3-15(24)23(14-7-8-14)17-21-22-18(27-17)26-11(2)16(25)20-13-6-4-5-12(9-13)10-19/h4-6,9,11,14H,3,7-8H2,1-2H3,(H,20,25). The highest BCUT2D eigenvalue weighted by atomic mass is 32.2. The number of hydrogen-bond donors (Lipinski definition) is 1. The molecule has 0 aliphatic heterocycles. The second kappa shape index (κ2) is 8.50. The van der Waals surface area contributed by atoms with E-state index in [4.69, 9.17) is 5.26 Å². The van der Waals surface area contributed by atoms with Crippen LogP contribution in [0.4, 0.5) is 10.8 Å². The minimum atomic E-state index is -0.396. The molecule has 9 heteroatoms. The quantitative estimate of drug-likeness (QED) is 0.564. The Balaban J connectivity index is 1.63. The third kappa shape index (κ3) is 4.84. The SMILES string of the molecule is CCC(=O)N(c1nnc(SC(C)C(=O)Nc2cccc(C#N)c2)s1)C1CC1. The van der Waals surface area contributed by atoms with Crippen molar-refractivity contribution in [3.8, 4) is 6.07 Å². The number of carbonyl (C=O) groups excluding carboxylic acids is 2. The Morgan fingerprint density at radius 1 is 1.44 bits per heavy atom. The van der Waals surface area contributed by atoms with Gasteiger partial charge >= 0.3 is 0 Å². The summed E-state index contributed by atoms with van der Waals surface area (Å²) in [6, 6.07) is 9.05. The van der Waals surface area contributed by atoms with E-state index in [-0.39, 0.29) is 17.9 Å². The molecule has 0 saturated heterocycles. The first kappa shape index (κ1) is 19.3. The molecule has 0 spiro atoms. The van der Waals surface area contributed by atoms with Crippen molar-refractivity contribution in [1.82, 2.24) is 10.2 Å². The molecule has 7 nitrogen and oxygen atoms in total. The lowest BCUT2D eigenvalue weighted by Crippen LogP contribution is -2.32. The Bertz CT molecular complexity index is 888. The first-order valence-electron chi connectivity index (χ1n) is 8.65. The summed E-state index contributed by atoms with van der Waals surface area (Å²) >= 11 is 2.63. The molecule has 27 heavy (non-hydrogen) atoms. The summed E-state index contributed by atoms with van der Waals surface area (Å²) in [7, 11) is 0. The zero-order valence-electron chi connectivity index (χ0n) is 15.0. The Kier molecular flexibility index (Phi) is 6.08. The second-order valence-electron chi connectivity index (χ2n) is 6.14. The number of nitrogens with zero attached hydrogens (tertiary/aromatic N) is 4. The van der Waals surface area contributed by atoms with E-state index in [2.05, 4.69) is 15.5 Å². The topological polar surface area (TPSA) is 99.0 Å². The van der Waals surface area contributed by atoms with Gasteiger partial charge in [-0.1, -0.05) is 36.1 Å². The summed E-state index contributed by atoms with van der Waals surface area (Å²) < 4.78 is 0.646. The van der Waals surface area contributed by atoms with Crippen LogP contribution in [0.15, 0.2) is 28.6 Å². The fraction of sp³-hybridized carbons (Fsp3) is 0.389. The van der Waals surface area contributed by atoms with Crippen LogP contribution in [-0.4, -0.2) is 33.3 Å². The number of benzene rings is 1. The highest BCUT2D eigenvalue weighted by molar-refractivity contribution is 8.02. The number of anilines is 2. The molecule has 3 rings (SSSR count). The van der Waals surface area contributed by atoms with Gasteiger partial charge in [0, 0.05) is 18.2 Å². The van der Waals surface area contributed by atoms with Gasteiger partial charge in [-0.05, 0) is 38.0 Å². The normalized spacial score (nSPS) is 14.3. The van der Waals surface area contributed by atoms with Crippen LogP contribution in [0.1, 0.15) is 38.7 Å². The molecular formula is C18H19N5O2S2. The van der Waals surface area contributed by atoms with Crippen molar-refractivity contribution in [2.45, 2.75) is 48.7 Å². The van der Waals surface area contributed by atoms with Gasteiger partial charge < -0.3 is 5.32 Å². The molecule has 2 aromatic rings. The van der Waals surface area contributed by atoms with Crippen LogP contribution in [-0.2, 0) is 9.59 Å². The fourth-order valence-corrected chi connectivity index (χ4v) is 4.51. The van der Waals surface area contributed by atoms with Gasteiger partial charge in [-0.2, -0.15) is 5.26 Å². The monoisotopic (exact) mass is 401 g/mol. The van der Waals surface area contributed by atoms with Crippen molar-refractivity contribution in [3.63, 3.8) is 0 Å². The van der Waals surface area contributed by atoms with Crippen LogP contribution in [0.2, 0.25) is 0 Å². The zero-order valence-corrected chi connectivity index (χ0v) is 16.6. The molecule has 1 aliphatic carbocycles. The summed E-state index contributed by atoms with van der Waals surface area (Å²) in [5, 5.41) is 20.2. The van der Waals surface area contributed by atoms with Crippen LogP contribution >= 0.6 is 23.1 Å². The zero-order chi connectivity index (χ0) is 19.4. The number of carbonyl (C=O) groups is 2. The van der Waals surface area contributed by atoms with Crippen LogP contribution in [0, 0.1) is 11.3 Å². The number of rotatable bonds is 7. The molecule has 1 aromatic heterocycles. The summed E-state index contributed by atoms with van der Waals surface area (Å²) in [6.07, 6.45) is 2.42. The smallest absolute Gasteiger partial charge is 0.237 e. The van der Waals surface area contributed by atoms with E-state index in [1.54, 1.807) is 36.1 Å². The van der Waals surface area contributed by atoms with Crippen LogP contribution < -0.4 is 10.2 Å². The molecular weight excluding hydrogens is 382 g/mol. The van der Waals surface area contributed by atoms with E-state index in [1.807, 2.05) is 13.0 Å². The summed E-state index contributed by atoms with van der Waals surface area (Å²) in [4.78, 5) is 26.3. The first-order chi connectivity index (χ1) is 13.0. The van der Waals surface area contributed by atoms with Crippen molar-refractivity contribution >= 4 is 45.7 Å². The van der Waals surface area contributed by atoms with E-state index in [1.165, 1.54) is 23.1 Å². The average molecular weight is 402 g/mol. The minimum absolute atomic E-state index is 0.0494. The fourth-order valence-electron chi connectivity index (χ4n) is 2.43. The van der Waals surface area contributed by atoms with Crippen LogP contribution in [0.25, 0.3) is 0 Å². The van der Waals surface area contributed by atoms with Crippen molar-refractivity contribution in [1.29, 1.82) is 5.26 Å². The van der Waals surface area contributed by atoms with Crippen molar-refractivity contribution in [2.75, 3.05) is 10.2 Å². The molecule has 1 heterocycles. The van der Waals surface area contributed by atoms with E-state index in [0.717, 1.165) is 12.8 Å². The number of amides is 2. The number of nitriles is 1. The molecule has 1 N–H and O–H groups in total. The summed E-state index contributed by atoms with van der Waals surface area (Å²) in [5.74, 6) is -0.135. The molecule has 140 valence electrons. The summed E-state index contributed by atoms with van der Waals surface area (Å²) in [5.41, 5.74) is 1.07. The average Bonchev–Trinajstić information content (AvgIpc) is 3.40. The minimum Gasteiger partial charge on any atom is -0.325 e. The molecule has 0 bridgehead atoms.